The summed E-state index contributed by atoms with van der Waals surface area (Å²) in [7, 11) is 1.79. The van der Waals surface area contributed by atoms with Gasteiger partial charge < -0.3 is 10.1 Å². The number of aryl methyl sites for hydroxylation is 2. The van der Waals surface area contributed by atoms with E-state index < -0.39 is 0 Å². The molecule has 5 nitrogen and oxygen atoms in total. The predicted octanol–water partition coefficient (Wildman–Crippen LogP) is 2.77. The summed E-state index contributed by atoms with van der Waals surface area (Å²) in [4.78, 5) is 12.1. The van der Waals surface area contributed by atoms with E-state index in [1.807, 2.05) is 51.2 Å². The Morgan fingerprint density at radius 3 is 2.45 bits per heavy atom. The van der Waals surface area contributed by atoms with Gasteiger partial charge in [0.15, 0.2) is 5.69 Å². The minimum atomic E-state index is -0.208. The van der Waals surface area contributed by atoms with Crippen molar-refractivity contribution in [3.63, 3.8) is 0 Å². The molecule has 0 aliphatic heterocycles. The van der Waals surface area contributed by atoms with E-state index in [9.17, 15) is 4.79 Å². The second-order valence-electron chi connectivity index (χ2n) is 4.98. The summed E-state index contributed by atoms with van der Waals surface area (Å²) in [6, 6.07) is 7.30. The number of carbonyl (C=O) groups is 1. The van der Waals surface area contributed by atoms with Crippen molar-refractivity contribution in [2.24, 2.45) is 7.05 Å². The number of amides is 1. The van der Waals surface area contributed by atoms with E-state index in [-0.39, 0.29) is 12.0 Å². The zero-order valence-electron chi connectivity index (χ0n) is 12.2. The Bertz CT molecular complexity index is 600. The maximum absolute atomic E-state index is 12.1. The van der Waals surface area contributed by atoms with Crippen LogP contribution in [0.5, 0.6) is 5.75 Å². The molecule has 1 aromatic carbocycles. The molecule has 20 heavy (non-hydrogen) atoms. The predicted molar refractivity (Wildman–Crippen MR) is 78.1 cm³/mol. The zero-order chi connectivity index (χ0) is 14.7. The molecule has 2 aromatic rings. The first-order valence-corrected chi connectivity index (χ1v) is 6.54. The van der Waals surface area contributed by atoms with Crippen molar-refractivity contribution in [2.75, 3.05) is 5.32 Å². The van der Waals surface area contributed by atoms with Gasteiger partial charge in [-0.15, -0.1) is 0 Å². The van der Waals surface area contributed by atoms with Crippen molar-refractivity contribution in [1.82, 2.24) is 9.78 Å². The average Bonchev–Trinajstić information content (AvgIpc) is 2.70. The normalized spacial score (nSPS) is 10.7. The number of aromatic nitrogens is 2. The van der Waals surface area contributed by atoms with Gasteiger partial charge in [-0.3, -0.25) is 9.48 Å². The maximum atomic E-state index is 12.1. The molecule has 0 radical (unpaired) electrons. The lowest BCUT2D eigenvalue weighted by molar-refractivity contribution is 0.102. The highest BCUT2D eigenvalue weighted by Gasteiger charge is 2.13. The van der Waals surface area contributed by atoms with E-state index in [1.165, 1.54) is 0 Å². The fourth-order valence-corrected chi connectivity index (χ4v) is 1.91. The highest BCUT2D eigenvalue weighted by Crippen LogP contribution is 2.17. The van der Waals surface area contributed by atoms with Crippen molar-refractivity contribution >= 4 is 11.6 Å². The van der Waals surface area contributed by atoms with E-state index in [4.69, 9.17) is 4.74 Å². The second kappa shape index (κ2) is 5.77. The molecular formula is C15H19N3O2. The average molecular weight is 273 g/mol. The molecule has 0 saturated carbocycles. The molecule has 2 rings (SSSR count). The summed E-state index contributed by atoms with van der Waals surface area (Å²) in [6.07, 6.45) is 1.95. The summed E-state index contributed by atoms with van der Waals surface area (Å²) in [5.74, 6) is 0.577. The third kappa shape index (κ3) is 3.38. The molecule has 1 N–H and O–H groups in total. The molecule has 0 fully saturated rings. The van der Waals surface area contributed by atoms with Crippen LogP contribution in [0.2, 0.25) is 0 Å². The number of nitrogens with zero attached hydrogens (tertiary/aromatic N) is 2. The van der Waals surface area contributed by atoms with Crippen molar-refractivity contribution in [3.8, 4) is 5.75 Å². The van der Waals surface area contributed by atoms with Gasteiger partial charge in [-0.2, -0.15) is 5.10 Å². The van der Waals surface area contributed by atoms with Gasteiger partial charge in [-0.1, -0.05) is 0 Å². The minimum Gasteiger partial charge on any atom is -0.491 e. The van der Waals surface area contributed by atoms with Crippen LogP contribution in [0.3, 0.4) is 0 Å². The molecule has 5 heteroatoms. The maximum Gasteiger partial charge on any atom is 0.276 e. The van der Waals surface area contributed by atoms with Crippen molar-refractivity contribution in [2.45, 2.75) is 26.9 Å². The number of anilines is 1. The molecule has 0 bridgehead atoms. The Kier molecular flexibility index (Phi) is 4.08. The van der Waals surface area contributed by atoms with Gasteiger partial charge in [0, 0.05) is 24.5 Å². The topological polar surface area (TPSA) is 56.2 Å². The van der Waals surface area contributed by atoms with Gasteiger partial charge in [-0.25, -0.2) is 0 Å². The Morgan fingerprint density at radius 2 is 1.95 bits per heavy atom. The highest BCUT2D eigenvalue weighted by atomic mass is 16.5. The molecule has 0 atom stereocenters. The lowest BCUT2D eigenvalue weighted by Gasteiger charge is -2.10. The number of hydrogen-bond donors (Lipinski definition) is 1. The number of nitrogens with one attached hydrogen (secondary N) is 1. The lowest BCUT2D eigenvalue weighted by atomic mass is 10.2. The minimum absolute atomic E-state index is 0.131. The fraction of sp³-hybridized carbons (Fsp3) is 0.333. The Balaban J connectivity index is 2.06. The van der Waals surface area contributed by atoms with Gasteiger partial charge in [0.1, 0.15) is 5.75 Å². The molecular weight excluding hydrogens is 254 g/mol. The van der Waals surface area contributed by atoms with Crippen molar-refractivity contribution < 1.29 is 9.53 Å². The first kappa shape index (κ1) is 14.1. The third-order valence-corrected chi connectivity index (χ3v) is 2.71. The highest BCUT2D eigenvalue weighted by molar-refractivity contribution is 6.03. The largest absolute Gasteiger partial charge is 0.491 e. The molecule has 0 spiro atoms. The zero-order valence-corrected chi connectivity index (χ0v) is 12.2. The Labute approximate surface area is 118 Å². The van der Waals surface area contributed by atoms with Crippen LogP contribution in [-0.4, -0.2) is 21.8 Å². The Morgan fingerprint density at radius 1 is 1.30 bits per heavy atom. The molecule has 0 aliphatic rings. The molecule has 0 aliphatic carbocycles. The lowest BCUT2D eigenvalue weighted by Crippen LogP contribution is -2.14. The van der Waals surface area contributed by atoms with Gasteiger partial charge in [0.25, 0.3) is 5.91 Å². The van der Waals surface area contributed by atoms with Crippen LogP contribution in [-0.2, 0) is 7.05 Å². The quantitative estimate of drug-likeness (QED) is 0.932. The molecule has 0 saturated heterocycles. The summed E-state index contributed by atoms with van der Waals surface area (Å²) in [5, 5.41) is 6.97. The van der Waals surface area contributed by atoms with E-state index in [1.54, 1.807) is 11.7 Å². The smallest absolute Gasteiger partial charge is 0.276 e. The molecule has 106 valence electrons. The summed E-state index contributed by atoms with van der Waals surface area (Å²) in [5.41, 5.74) is 2.01. The van der Waals surface area contributed by atoms with Crippen molar-refractivity contribution in [1.29, 1.82) is 0 Å². The standard InChI is InChI=1S/C15H19N3O2/c1-10(2)20-13-7-5-12(6-8-13)16-15(19)14-11(3)9-18(4)17-14/h5-10H,1-4H3,(H,16,19). The number of hydrogen-bond acceptors (Lipinski definition) is 3. The number of ether oxygens (including phenoxy) is 1. The molecule has 1 heterocycles. The van der Waals surface area contributed by atoms with Crippen LogP contribution < -0.4 is 10.1 Å². The third-order valence-electron chi connectivity index (χ3n) is 2.71. The molecule has 1 amide bonds. The van der Waals surface area contributed by atoms with E-state index in [2.05, 4.69) is 10.4 Å². The molecule has 0 unspecified atom stereocenters. The van der Waals surface area contributed by atoms with Crippen LogP contribution >= 0.6 is 0 Å². The number of benzene rings is 1. The Hall–Kier alpha value is -2.30. The fourth-order valence-electron chi connectivity index (χ4n) is 1.91. The van der Waals surface area contributed by atoms with Crippen LogP contribution in [0.25, 0.3) is 0 Å². The van der Waals surface area contributed by atoms with Crippen LogP contribution in [0.15, 0.2) is 30.5 Å². The summed E-state index contributed by atoms with van der Waals surface area (Å²) in [6.45, 7) is 5.81. The van der Waals surface area contributed by atoms with Gasteiger partial charge in [0.05, 0.1) is 6.10 Å². The van der Waals surface area contributed by atoms with Crippen LogP contribution in [0.1, 0.15) is 29.9 Å². The van der Waals surface area contributed by atoms with Gasteiger partial charge in [-0.05, 0) is 45.0 Å². The first-order chi connectivity index (χ1) is 9.45. The van der Waals surface area contributed by atoms with E-state index in [0.29, 0.717) is 5.69 Å². The van der Waals surface area contributed by atoms with Gasteiger partial charge >= 0.3 is 0 Å². The van der Waals surface area contributed by atoms with E-state index >= 15 is 0 Å². The number of rotatable bonds is 4. The first-order valence-electron chi connectivity index (χ1n) is 6.54. The van der Waals surface area contributed by atoms with Crippen LogP contribution in [0.4, 0.5) is 5.69 Å². The van der Waals surface area contributed by atoms with Gasteiger partial charge in [0.2, 0.25) is 0 Å². The number of carbonyl (C=O) groups excluding carboxylic acids is 1. The van der Waals surface area contributed by atoms with Crippen LogP contribution in [0, 0.1) is 6.92 Å². The molecule has 1 aromatic heterocycles. The van der Waals surface area contributed by atoms with Crippen molar-refractivity contribution in [3.05, 3.63) is 41.7 Å². The summed E-state index contributed by atoms with van der Waals surface area (Å²) >= 11 is 0. The second-order valence-corrected chi connectivity index (χ2v) is 4.98. The monoisotopic (exact) mass is 273 g/mol. The van der Waals surface area contributed by atoms with E-state index in [0.717, 1.165) is 17.0 Å². The SMILES string of the molecule is Cc1cn(C)nc1C(=O)Nc1ccc(OC(C)C)cc1. The summed E-state index contributed by atoms with van der Waals surface area (Å²) < 4.78 is 7.18.